The fraction of sp³-hybridized carbons (Fsp3) is 0.571. The summed E-state index contributed by atoms with van der Waals surface area (Å²) in [4.78, 5) is 0. The van der Waals surface area contributed by atoms with E-state index in [0.717, 1.165) is 11.3 Å². The largest absolute Gasteiger partial charge is 0.497 e. The van der Waals surface area contributed by atoms with Crippen LogP contribution in [0.5, 0.6) is 11.5 Å². The summed E-state index contributed by atoms with van der Waals surface area (Å²) in [5.41, 5.74) is 6.99. The van der Waals surface area contributed by atoms with E-state index in [1.54, 1.807) is 14.2 Å². The van der Waals surface area contributed by atoms with Crippen LogP contribution in [0.2, 0.25) is 0 Å². The van der Waals surface area contributed by atoms with E-state index in [1.807, 2.05) is 25.1 Å². The van der Waals surface area contributed by atoms with Crippen LogP contribution >= 0.6 is 0 Å². The number of nitrogens with two attached hydrogens (primary N) is 1. The highest BCUT2D eigenvalue weighted by atomic mass is 16.5. The SMILES string of the molecule is CCOCCOCC(N)c1ccc(OC)cc1OC. The lowest BCUT2D eigenvalue weighted by Gasteiger charge is -2.16. The molecule has 1 aromatic carbocycles. The summed E-state index contributed by atoms with van der Waals surface area (Å²) in [7, 11) is 3.23. The maximum absolute atomic E-state index is 6.09. The Balaban J connectivity index is 2.53. The molecule has 1 atom stereocenters. The Labute approximate surface area is 114 Å². The molecule has 0 radical (unpaired) electrons. The van der Waals surface area contributed by atoms with E-state index in [-0.39, 0.29) is 6.04 Å². The molecule has 19 heavy (non-hydrogen) atoms. The molecule has 0 heterocycles. The maximum Gasteiger partial charge on any atom is 0.127 e. The Hall–Kier alpha value is -1.30. The second-order valence-corrected chi connectivity index (χ2v) is 3.99. The van der Waals surface area contributed by atoms with Gasteiger partial charge < -0.3 is 24.7 Å². The highest BCUT2D eigenvalue weighted by molar-refractivity contribution is 5.42. The summed E-state index contributed by atoms with van der Waals surface area (Å²) in [6, 6.07) is 5.34. The highest BCUT2D eigenvalue weighted by Crippen LogP contribution is 2.28. The van der Waals surface area contributed by atoms with Gasteiger partial charge in [0.25, 0.3) is 0 Å². The van der Waals surface area contributed by atoms with E-state index in [9.17, 15) is 0 Å². The molecule has 0 saturated heterocycles. The quantitative estimate of drug-likeness (QED) is 0.692. The van der Waals surface area contributed by atoms with Gasteiger partial charge in [-0.25, -0.2) is 0 Å². The highest BCUT2D eigenvalue weighted by Gasteiger charge is 2.13. The molecule has 0 aliphatic carbocycles. The fourth-order valence-corrected chi connectivity index (χ4v) is 1.69. The minimum absolute atomic E-state index is 0.234. The minimum Gasteiger partial charge on any atom is -0.497 e. The average molecular weight is 269 g/mol. The van der Waals surface area contributed by atoms with Crippen molar-refractivity contribution in [3.05, 3.63) is 23.8 Å². The summed E-state index contributed by atoms with van der Waals surface area (Å²) in [5.74, 6) is 1.45. The van der Waals surface area contributed by atoms with Crippen molar-refractivity contribution in [2.24, 2.45) is 5.73 Å². The van der Waals surface area contributed by atoms with Gasteiger partial charge in [0.1, 0.15) is 11.5 Å². The van der Waals surface area contributed by atoms with Gasteiger partial charge in [-0.2, -0.15) is 0 Å². The molecule has 0 bridgehead atoms. The van der Waals surface area contributed by atoms with Crippen molar-refractivity contribution in [2.75, 3.05) is 40.6 Å². The van der Waals surface area contributed by atoms with Crippen LogP contribution in [0.3, 0.4) is 0 Å². The van der Waals surface area contributed by atoms with Crippen LogP contribution in [0, 0.1) is 0 Å². The van der Waals surface area contributed by atoms with Gasteiger partial charge in [-0.05, 0) is 19.1 Å². The van der Waals surface area contributed by atoms with E-state index in [2.05, 4.69) is 0 Å². The number of rotatable bonds is 9. The van der Waals surface area contributed by atoms with E-state index in [0.29, 0.717) is 32.2 Å². The van der Waals surface area contributed by atoms with E-state index in [1.165, 1.54) is 0 Å². The first-order chi connectivity index (χ1) is 9.22. The molecule has 0 saturated carbocycles. The lowest BCUT2D eigenvalue weighted by atomic mass is 10.1. The van der Waals surface area contributed by atoms with Crippen molar-refractivity contribution < 1.29 is 18.9 Å². The van der Waals surface area contributed by atoms with E-state index >= 15 is 0 Å². The van der Waals surface area contributed by atoms with Crippen LogP contribution in [0.15, 0.2) is 18.2 Å². The first kappa shape index (κ1) is 15.8. The van der Waals surface area contributed by atoms with Crippen molar-refractivity contribution in [2.45, 2.75) is 13.0 Å². The lowest BCUT2D eigenvalue weighted by molar-refractivity contribution is 0.0470. The Morgan fingerprint density at radius 3 is 2.47 bits per heavy atom. The molecule has 5 heteroatoms. The number of hydrogen-bond donors (Lipinski definition) is 1. The molecule has 5 nitrogen and oxygen atoms in total. The molecular weight excluding hydrogens is 246 g/mol. The van der Waals surface area contributed by atoms with Crippen LogP contribution in [-0.2, 0) is 9.47 Å². The van der Waals surface area contributed by atoms with Gasteiger partial charge in [0.15, 0.2) is 0 Å². The first-order valence-corrected chi connectivity index (χ1v) is 6.35. The first-order valence-electron chi connectivity index (χ1n) is 6.35. The van der Waals surface area contributed by atoms with Crippen LogP contribution in [0.1, 0.15) is 18.5 Å². The van der Waals surface area contributed by atoms with E-state index < -0.39 is 0 Å². The Bertz CT molecular complexity index is 370. The molecule has 108 valence electrons. The van der Waals surface area contributed by atoms with Crippen molar-refractivity contribution in [1.82, 2.24) is 0 Å². The normalized spacial score (nSPS) is 12.2. The Morgan fingerprint density at radius 1 is 1.11 bits per heavy atom. The summed E-state index contributed by atoms with van der Waals surface area (Å²) in [6.45, 7) is 4.20. The number of hydrogen-bond acceptors (Lipinski definition) is 5. The summed E-state index contributed by atoms with van der Waals surface area (Å²) in [5, 5.41) is 0. The van der Waals surface area contributed by atoms with Gasteiger partial charge in [0.2, 0.25) is 0 Å². The van der Waals surface area contributed by atoms with Crippen LogP contribution < -0.4 is 15.2 Å². The van der Waals surface area contributed by atoms with Crippen molar-refractivity contribution in [1.29, 1.82) is 0 Å². The van der Waals surface area contributed by atoms with Crippen molar-refractivity contribution >= 4 is 0 Å². The summed E-state index contributed by atoms with van der Waals surface area (Å²) >= 11 is 0. The molecule has 1 unspecified atom stereocenters. The molecule has 0 aliphatic heterocycles. The Morgan fingerprint density at radius 2 is 1.84 bits per heavy atom. The Kier molecular flexibility index (Phi) is 7.25. The third kappa shape index (κ3) is 5.06. The van der Waals surface area contributed by atoms with Gasteiger partial charge in [0, 0.05) is 18.2 Å². The summed E-state index contributed by atoms with van der Waals surface area (Å²) in [6.07, 6.45) is 0. The summed E-state index contributed by atoms with van der Waals surface area (Å²) < 4.78 is 21.1. The average Bonchev–Trinajstić information content (AvgIpc) is 2.46. The topological polar surface area (TPSA) is 62.9 Å². The second kappa shape index (κ2) is 8.74. The third-order valence-corrected chi connectivity index (χ3v) is 2.71. The van der Waals surface area contributed by atoms with E-state index in [4.69, 9.17) is 24.7 Å². The monoisotopic (exact) mass is 269 g/mol. The number of methoxy groups -OCH3 is 2. The molecule has 0 aromatic heterocycles. The molecule has 1 rings (SSSR count). The molecule has 0 fully saturated rings. The smallest absolute Gasteiger partial charge is 0.127 e. The third-order valence-electron chi connectivity index (χ3n) is 2.71. The molecule has 0 amide bonds. The van der Waals surface area contributed by atoms with Crippen LogP contribution in [0.25, 0.3) is 0 Å². The molecule has 1 aromatic rings. The fourth-order valence-electron chi connectivity index (χ4n) is 1.69. The zero-order chi connectivity index (χ0) is 14.1. The van der Waals surface area contributed by atoms with Gasteiger partial charge in [0.05, 0.1) is 40.1 Å². The number of ether oxygens (including phenoxy) is 4. The van der Waals surface area contributed by atoms with Gasteiger partial charge in [-0.15, -0.1) is 0 Å². The zero-order valence-corrected chi connectivity index (χ0v) is 11.8. The molecule has 0 spiro atoms. The van der Waals surface area contributed by atoms with Gasteiger partial charge in [-0.1, -0.05) is 0 Å². The predicted molar refractivity (Wildman–Crippen MR) is 73.8 cm³/mol. The van der Waals surface area contributed by atoms with Gasteiger partial charge in [-0.3, -0.25) is 0 Å². The van der Waals surface area contributed by atoms with Crippen LogP contribution in [0.4, 0.5) is 0 Å². The van der Waals surface area contributed by atoms with Crippen molar-refractivity contribution in [3.8, 4) is 11.5 Å². The predicted octanol–water partition coefficient (Wildman–Crippen LogP) is 1.76. The molecule has 0 aliphatic rings. The second-order valence-electron chi connectivity index (χ2n) is 3.99. The maximum atomic E-state index is 6.09. The van der Waals surface area contributed by atoms with Crippen molar-refractivity contribution in [3.63, 3.8) is 0 Å². The lowest BCUT2D eigenvalue weighted by Crippen LogP contribution is -2.19. The zero-order valence-electron chi connectivity index (χ0n) is 11.8. The molecular formula is C14H23NO4. The number of benzene rings is 1. The van der Waals surface area contributed by atoms with Gasteiger partial charge >= 0.3 is 0 Å². The van der Waals surface area contributed by atoms with Crippen LogP contribution in [-0.4, -0.2) is 40.6 Å². The minimum atomic E-state index is -0.234. The standard InChI is InChI=1S/C14H23NO4/c1-4-18-7-8-19-10-13(15)12-6-5-11(16-2)9-14(12)17-3/h5-6,9,13H,4,7-8,10,15H2,1-3H3. The molecule has 2 N–H and O–H groups in total.